The van der Waals surface area contributed by atoms with E-state index in [1.807, 2.05) is 0 Å². The first-order valence-corrected chi connectivity index (χ1v) is 10.7. The van der Waals surface area contributed by atoms with Gasteiger partial charge in [-0.1, -0.05) is 41.5 Å². The SMILES string of the molecule is CC1(C)[C@]2(C(=O)NNC(=O)[C@]34CC[C@](C)([C@@H](O)C3)C4(C)C)CC[C@@]1(C)[C@H](O)C2. The van der Waals surface area contributed by atoms with Crippen LogP contribution in [0.4, 0.5) is 0 Å². The average Bonchev–Trinajstić information content (AvgIpc) is 3.07. The van der Waals surface area contributed by atoms with Crippen molar-refractivity contribution in [2.45, 2.75) is 92.3 Å². The number of fused-ring (bicyclic) bond motifs is 4. The van der Waals surface area contributed by atoms with Crippen LogP contribution >= 0.6 is 0 Å². The molecule has 4 aliphatic rings. The van der Waals surface area contributed by atoms with Gasteiger partial charge in [-0.05, 0) is 60.2 Å². The standard InChI is InChI=1S/C22H36N2O4/c1-17(2)19(5)7-9-21(17,11-13(19)25)15(27)23-24-16(28)22-10-8-20(6,14(26)12-22)18(22,3)4/h13-14,25-26H,7-12H2,1-6H3,(H,23,27)(H,24,28)/t13-,14+,19+,20-,21-,22+. The lowest BCUT2D eigenvalue weighted by Crippen LogP contribution is -2.56. The minimum absolute atomic E-state index is 0.195. The molecule has 6 heteroatoms. The molecule has 2 amide bonds. The molecule has 0 aromatic rings. The Hall–Kier alpha value is -1.14. The lowest BCUT2D eigenvalue weighted by atomic mass is 9.64. The normalized spacial score (nSPS) is 50.0. The van der Waals surface area contributed by atoms with Crippen molar-refractivity contribution < 1.29 is 19.8 Å². The number of hydrazine groups is 1. The molecular formula is C22H36N2O4. The number of aliphatic hydroxyl groups is 2. The average molecular weight is 393 g/mol. The quantitative estimate of drug-likeness (QED) is 0.542. The van der Waals surface area contributed by atoms with Gasteiger partial charge in [0.25, 0.3) is 0 Å². The monoisotopic (exact) mass is 392 g/mol. The molecule has 4 bridgehead atoms. The molecule has 4 aliphatic carbocycles. The predicted octanol–water partition coefficient (Wildman–Crippen LogP) is 2.29. The molecular weight excluding hydrogens is 356 g/mol. The van der Waals surface area contributed by atoms with E-state index in [-0.39, 0.29) is 33.5 Å². The molecule has 4 N–H and O–H groups in total. The van der Waals surface area contributed by atoms with Crippen LogP contribution in [0.15, 0.2) is 0 Å². The smallest absolute Gasteiger partial charge is 0.245 e. The molecule has 158 valence electrons. The number of aliphatic hydroxyl groups excluding tert-OH is 2. The Labute approximate surface area is 167 Å². The van der Waals surface area contributed by atoms with E-state index in [1.54, 1.807) is 0 Å². The lowest BCUT2D eigenvalue weighted by molar-refractivity contribution is -0.145. The maximum absolute atomic E-state index is 13.3. The zero-order chi connectivity index (χ0) is 21.0. The second kappa shape index (κ2) is 5.31. The Morgan fingerprint density at radius 3 is 1.21 bits per heavy atom. The topological polar surface area (TPSA) is 98.7 Å². The van der Waals surface area contributed by atoms with Crippen molar-refractivity contribution in [3.8, 4) is 0 Å². The van der Waals surface area contributed by atoms with Crippen molar-refractivity contribution >= 4 is 11.8 Å². The zero-order valence-electron chi connectivity index (χ0n) is 18.1. The van der Waals surface area contributed by atoms with Crippen LogP contribution < -0.4 is 10.9 Å². The summed E-state index contributed by atoms with van der Waals surface area (Å²) in [5.41, 5.74) is 2.87. The van der Waals surface area contributed by atoms with Gasteiger partial charge < -0.3 is 10.2 Å². The molecule has 4 saturated carbocycles. The number of carbonyl (C=O) groups excluding carboxylic acids is 2. The van der Waals surface area contributed by atoms with Crippen molar-refractivity contribution in [3.63, 3.8) is 0 Å². The van der Waals surface area contributed by atoms with Gasteiger partial charge in [0, 0.05) is 0 Å². The van der Waals surface area contributed by atoms with Crippen molar-refractivity contribution in [2.24, 2.45) is 32.5 Å². The van der Waals surface area contributed by atoms with E-state index in [4.69, 9.17) is 0 Å². The first kappa shape index (κ1) is 20.1. The van der Waals surface area contributed by atoms with Gasteiger partial charge >= 0.3 is 0 Å². The maximum atomic E-state index is 13.3. The fraction of sp³-hybridized carbons (Fsp3) is 0.909. The number of amides is 2. The van der Waals surface area contributed by atoms with E-state index in [2.05, 4.69) is 52.4 Å². The molecule has 0 aromatic carbocycles. The van der Waals surface area contributed by atoms with Crippen LogP contribution in [0, 0.1) is 32.5 Å². The van der Waals surface area contributed by atoms with Crippen LogP contribution in [-0.2, 0) is 9.59 Å². The summed E-state index contributed by atoms with van der Waals surface area (Å²) in [5, 5.41) is 21.2. The van der Waals surface area contributed by atoms with Crippen LogP contribution in [0.2, 0.25) is 0 Å². The predicted molar refractivity (Wildman–Crippen MR) is 105 cm³/mol. The van der Waals surface area contributed by atoms with Gasteiger partial charge in [0.05, 0.1) is 23.0 Å². The third kappa shape index (κ3) is 1.83. The van der Waals surface area contributed by atoms with E-state index in [0.717, 1.165) is 25.7 Å². The summed E-state index contributed by atoms with van der Waals surface area (Å²) in [7, 11) is 0. The molecule has 6 nitrogen and oxygen atoms in total. The third-order valence-corrected chi connectivity index (χ3v) is 11.1. The summed E-state index contributed by atoms with van der Waals surface area (Å²) in [6, 6.07) is 0. The number of hydrogen-bond acceptors (Lipinski definition) is 4. The molecule has 4 rings (SSSR count). The van der Waals surface area contributed by atoms with Crippen molar-refractivity contribution in [3.05, 3.63) is 0 Å². The number of hydrogen-bond donors (Lipinski definition) is 4. The summed E-state index contributed by atoms with van der Waals surface area (Å²) in [5.74, 6) is -0.390. The van der Waals surface area contributed by atoms with Crippen molar-refractivity contribution in [1.82, 2.24) is 10.9 Å². The molecule has 0 saturated heterocycles. The van der Waals surface area contributed by atoms with E-state index in [0.29, 0.717) is 12.8 Å². The second-order valence-corrected chi connectivity index (χ2v) is 11.6. The van der Waals surface area contributed by atoms with Crippen LogP contribution in [0.3, 0.4) is 0 Å². The second-order valence-electron chi connectivity index (χ2n) is 11.6. The fourth-order valence-electron chi connectivity index (χ4n) is 7.61. The number of nitrogens with one attached hydrogen (secondary N) is 2. The van der Waals surface area contributed by atoms with E-state index < -0.39 is 23.0 Å². The van der Waals surface area contributed by atoms with Crippen molar-refractivity contribution in [1.29, 1.82) is 0 Å². The van der Waals surface area contributed by atoms with Crippen LogP contribution in [0.25, 0.3) is 0 Å². The fourth-order valence-corrected chi connectivity index (χ4v) is 7.61. The maximum Gasteiger partial charge on any atom is 0.245 e. The summed E-state index contributed by atoms with van der Waals surface area (Å²) < 4.78 is 0. The van der Waals surface area contributed by atoms with Gasteiger partial charge in [0.15, 0.2) is 0 Å². The third-order valence-electron chi connectivity index (χ3n) is 11.1. The molecule has 28 heavy (non-hydrogen) atoms. The summed E-state index contributed by atoms with van der Waals surface area (Å²) in [4.78, 5) is 26.5. The number of carbonyl (C=O) groups is 2. The Balaban J connectivity index is 1.52. The van der Waals surface area contributed by atoms with Gasteiger partial charge in [0.2, 0.25) is 11.8 Å². The molecule has 0 unspecified atom stereocenters. The van der Waals surface area contributed by atoms with Gasteiger partial charge in [-0.15, -0.1) is 0 Å². The summed E-state index contributed by atoms with van der Waals surface area (Å²) in [6.45, 7) is 12.4. The molecule has 0 radical (unpaired) electrons. The molecule has 0 heterocycles. The molecule has 4 fully saturated rings. The largest absolute Gasteiger partial charge is 0.393 e. The highest BCUT2D eigenvalue weighted by atomic mass is 16.3. The first-order chi connectivity index (χ1) is 12.7. The summed E-state index contributed by atoms with van der Waals surface area (Å²) in [6.07, 6.45) is 2.93. The highest BCUT2D eigenvalue weighted by Crippen LogP contribution is 2.73. The highest BCUT2D eigenvalue weighted by molar-refractivity contribution is 5.90. The molecule has 0 aliphatic heterocycles. The minimum Gasteiger partial charge on any atom is -0.393 e. The first-order valence-electron chi connectivity index (χ1n) is 10.7. The highest BCUT2D eigenvalue weighted by Gasteiger charge is 2.73. The van der Waals surface area contributed by atoms with Crippen LogP contribution in [-0.4, -0.2) is 34.2 Å². The zero-order valence-corrected chi connectivity index (χ0v) is 18.1. The summed E-state index contributed by atoms with van der Waals surface area (Å²) >= 11 is 0. The Kier molecular flexibility index (Phi) is 3.82. The van der Waals surface area contributed by atoms with Crippen LogP contribution in [0.5, 0.6) is 0 Å². The van der Waals surface area contributed by atoms with E-state index >= 15 is 0 Å². The van der Waals surface area contributed by atoms with Crippen LogP contribution in [0.1, 0.15) is 80.1 Å². The van der Waals surface area contributed by atoms with E-state index in [9.17, 15) is 19.8 Å². The molecule has 0 spiro atoms. The van der Waals surface area contributed by atoms with Crippen molar-refractivity contribution in [2.75, 3.05) is 0 Å². The van der Waals surface area contributed by atoms with Gasteiger partial charge in [-0.3, -0.25) is 20.4 Å². The lowest BCUT2D eigenvalue weighted by Gasteiger charge is -2.41. The Morgan fingerprint density at radius 2 is 1.00 bits per heavy atom. The Bertz CT molecular complexity index is 687. The molecule has 6 atom stereocenters. The van der Waals surface area contributed by atoms with E-state index in [1.165, 1.54) is 0 Å². The molecule has 0 aromatic heterocycles. The van der Waals surface area contributed by atoms with Gasteiger partial charge in [0.1, 0.15) is 0 Å². The number of rotatable bonds is 2. The van der Waals surface area contributed by atoms with Gasteiger partial charge in [-0.25, -0.2) is 0 Å². The van der Waals surface area contributed by atoms with Gasteiger partial charge in [-0.2, -0.15) is 0 Å². The Morgan fingerprint density at radius 1 is 0.679 bits per heavy atom. The minimum atomic E-state index is -0.666.